The van der Waals surface area contributed by atoms with Gasteiger partial charge in [0.25, 0.3) is 0 Å². The Balaban J connectivity index is 2.48. The van der Waals surface area contributed by atoms with Crippen LogP contribution in [0, 0.1) is 5.41 Å². The monoisotopic (exact) mass is 249 g/mol. The number of hydrogen-bond donors (Lipinski definition) is 1. The number of ether oxygens (including phenoxy) is 1. The van der Waals surface area contributed by atoms with Crippen molar-refractivity contribution in [3.05, 3.63) is 29.3 Å². The topological polar surface area (TPSA) is 50.9 Å². The number of nitrogens with one attached hydrogen (secondary N) is 1. The van der Waals surface area contributed by atoms with Crippen LogP contribution in [0.3, 0.4) is 0 Å². The number of thiophene rings is 1. The molecule has 0 aromatic carbocycles. The van der Waals surface area contributed by atoms with E-state index in [1.807, 2.05) is 42.1 Å². The fourth-order valence-electron chi connectivity index (χ4n) is 1.61. The highest BCUT2D eigenvalue weighted by molar-refractivity contribution is 7.13. The molecule has 0 unspecified atom stereocenters. The third kappa shape index (κ3) is 2.24. The molecule has 0 radical (unpaired) electrons. The Morgan fingerprint density at radius 3 is 2.82 bits per heavy atom. The Morgan fingerprint density at radius 1 is 1.53 bits per heavy atom. The zero-order valence-electron chi connectivity index (χ0n) is 10.1. The third-order valence-corrected chi connectivity index (χ3v) is 3.33. The van der Waals surface area contributed by atoms with Crippen molar-refractivity contribution in [2.75, 3.05) is 7.11 Å². The van der Waals surface area contributed by atoms with E-state index in [0.29, 0.717) is 5.69 Å². The van der Waals surface area contributed by atoms with E-state index in [-0.39, 0.29) is 11.9 Å². The Kier molecular flexibility index (Phi) is 3.28. The van der Waals surface area contributed by atoms with Crippen molar-refractivity contribution in [2.45, 2.75) is 19.9 Å². The minimum atomic E-state index is 0.147. The standard InChI is InChI=1S/C12H15N3OS/c1-8(2)15-10(12(13)16-3)7-9(14-15)11-5-4-6-17-11/h4-8,13H,1-3H3. The maximum absolute atomic E-state index is 7.77. The quantitative estimate of drug-likeness (QED) is 0.671. The van der Waals surface area contributed by atoms with E-state index in [4.69, 9.17) is 10.1 Å². The van der Waals surface area contributed by atoms with Gasteiger partial charge in [0, 0.05) is 6.04 Å². The first kappa shape index (κ1) is 11.9. The van der Waals surface area contributed by atoms with Gasteiger partial charge in [-0.15, -0.1) is 11.3 Å². The molecule has 1 N–H and O–H groups in total. The van der Waals surface area contributed by atoms with Crippen LogP contribution in [0.1, 0.15) is 25.6 Å². The average molecular weight is 249 g/mol. The van der Waals surface area contributed by atoms with Crippen LogP contribution in [-0.4, -0.2) is 22.8 Å². The first-order valence-electron chi connectivity index (χ1n) is 5.40. The molecule has 0 bridgehead atoms. The van der Waals surface area contributed by atoms with Gasteiger partial charge in [-0.1, -0.05) is 6.07 Å². The first-order chi connectivity index (χ1) is 8.13. The van der Waals surface area contributed by atoms with Gasteiger partial charge in [0.2, 0.25) is 5.90 Å². The second kappa shape index (κ2) is 4.71. The molecular weight excluding hydrogens is 234 g/mol. The van der Waals surface area contributed by atoms with Crippen LogP contribution in [0.5, 0.6) is 0 Å². The van der Waals surface area contributed by atoms with Gasteiger partial charge in [-0.2, -0.15) is 5.10 Å². The summed E-state index contributed by atoms with van der Waals surface area (Å²) in [6, 6.07) is 6.12. The van der Waals surface area contributed by atoms with Crippen LogP contribution in [0.15, 0.2) is 23.6 Å². The average Bonchev–Trinajstić information content (AvgIpc) is 2.95. The predicted molar refractivity (Wildman–Crippen MR) is 69.8 cm³/mol. The molecule has 2 rings (SSSR count). The van der Waals surface area contributed by atoms with Gasteiger partial charge in [0.1, 0.15) is 11.4 Å². The summed E-state index contributed by atoms with van der Waals surface area (Å²) in [6.07, 6.45) is 0. The zero-order valence-corrected chi connectivity index (χ0v) is 10.9. The summed E-state index contributed by atoms with van der Waals surface area (Å²) in [4.78, 5) is 1.11. The van der Waals surface area contributed by atoms with E-state index in [1.165, 1.54) is 7.11 Å². The van der Waals surface area contributed by atoms with E-state index >= 15 is 0 Å². The second-order valence-corrected chi connectivity index (χ2v) is 4.91. The lowest BCUT2D eigenvalue weighted by Gasteiger charge is -2.10. The van der Waals surface area contributed by atoms with Crippen molar-refractivity contribution in [3.8, 4) is 10.6 Å². The molecule has 0 saturated carbocycles. The van der Waals surface area contributed by atoms with Crippen LogP contribution in [0.2, 0.25) is 0 Å². The zero-order chi connectivity index (χ0) is 12.4. The van der Waals surface area contributed by atoms with E-state index in [2.05, 4.69) is 5.10 Å². The van der Waals surface area contributed by atoms with E-state index in [1.54, 1.807) is 11.3 Å². The number of hydrogen-bond acceptors (Lipinski definition) is 4. The fraction of sp³-hybridized carbons (Fsp3) is 0.333. The van der Waals surface area contributed by atoms with Crippen LogP contribution >= 0.6 is 11.3 Å². The maximum atomic E-state index is 7.77. The molecule has 17 heavy (non-hydrogen) atoms. The maximum Gasteiger partial charge on any atom is 0.231 e. The molecule has 5 heteroatoms. The normalized spacial score (nSPS) is 10.8. The molecule has 0 atom stereocenters. The van der Waals surface area contributed by atoms with Crippen molar-refractivity contribution in [1.82, 2.24) is 9.78 Å². The van der Waals surface area contributed by atoms with Crippen LogP contribution < -0.4 is 0 Å². The summed E-state index contributed by atoms with van der Waals surface area (Å²) in [6.45, 7) is 4.08. The first-order valence-corrected chi connectivity index (χ1v) is 6.27. The molecule has 0 aliphatic heterocycles. The molecule has 0 amide bonds. The molecule has 2 aromatic rings. The number of aromatic nitrogens is 2. The summed E-state index contributed by atoms with van der Waals surface area (Å²) in [5, 5.41) is 14.3. The Morgan fingerprint density at radius 2 is 2.29 bits per heavy atom. The Hall–Kier alpha value is -1.62. The van der Waals surface area contributed by atoms with E-state index in [0.717, 1.165) is 10.6 Å². The van der Waals surface area contributed by atoms with E-state index in [9.17, 15) is 0 Å². The van der Waals surface area contributed by atoms with Crippen LogP contribution in [-0.2, 0) is 4.74 Å². The molecule has 0 fully saturated rings. The Bertz CT molecular complexity index is 514. The van der Waals surface area contributed by atoms with Crippen molar-refractivity contribution in [2.24, 2.45) is 0 Å². The largest absolute Gasteiger partial charge is 0.480 e. The van der Waals surface area contributed by atoms with Gasteiger partial charge in [-0.05, 0) is 31.4 Å². The highest BCUT2D eigenvalue weighted by Crippen LogP contribution is 2.25. The second-order valence-electron chi connectivity index (χ2n) is 3.96. The lowest BCUT2D eigenvalue weighted by molar-refractivity contribution is 0.392. The van der Waals surface area contributed by atoms with Crippen molar-refractivity contribution in [1.29, 1.82) is 5.41 Å². The van der Waals surface area contributed by atoms with Gasteiger partial charge in [0.05, 0.1) is 12.0 Å². The highest BCUT2D eigenvalue weighted by Gasteiger charge is 2.16. The molecule has 0 aliphatic carbocycles. The van der Waals surface area contributed by atoms with Crippen LogP contribution in [0.25, 0.3) is 10.6 Å². The molecule has 90 valence electrons. The number of methoxy groups -OCH3 is 1. The smallest absolute Gasteiger partial charge is 0.231 e. The highest BCUT2D eigenvalue weighted by atomic mass is 32.1. The minimum absolute atomic E-state index is 0.147. The Labute approximate surface area is 104 Å². The van der Waals surface area contributed by atoms with Crippen molar-refractivity contribution >= 4 is 17.2 Å². The van der Waals surface area contributed by atoms with E-state index < -0.39 is 0 Å². The molecule has 0 aliphatic rings. The molecule has 2 aromatic heterocycles. The van der Waals surface area contributed by atoms with Crippen molar-refractivity contribution in [3.63, 3.8) is 0 Å². The van der Waals surface area contributed by atoms with Crippen molar-refractivity contribution < 1.29 is 4.74 Å². The molecule has 0 spiro atoms. The summed E-state index contributed by atoms with van der Waals surface area (Å²) in [5.74, 6) is 0.147. The summed E-state index contributed by atoms with van der Waals surface area (Å²) in [7, 11) is 1.50. The fourth-order valence-corrected chi connectivity index (χ4v) is 2.29. The summed E-state index contributed by atoms with van der Waals surface area (Å²) < 4.78 is 6.80. The molecule has 0 saturated heterocycles. The lowest BCUT2D eigenvalue weighted by atomic mass is 10.3. The van der Waals surface area contributed by atoms with Gasteiger partial charge in [-0.3, -0.25) is 10.1 Å². The molecule has 4 nitrogen and oxygen atoms in total. The number of nitrogens with zero attached hydrogens (tertiary/aromatic N) is 2. The van der Waals surface area contributed by atoms with Crippen LogP contribution in [0.4, 0.5) is 0 Å². The minimum Gasteiger partial charge on any atom is -0.480 e. The van der Waals surface area contributed by atoms with Gasteiger partial charge >= 0.3 is 0 Å². The van der Waals surface area contributed by atoms with Gasteiger partial charge in [0.15, 0.2) is 0 Å². The third-order valence-electron chi connectivity index (χ3n) is 2.44. The lowest BCUT2D eigenvalue weighted by Crippen LogP contribution is -2.13. The molecular formula is C12H15N3OS. The summed E-state index contributed by atoms with van der Waals surface area (Å²) in [5.41, 5.74) is 1.61. The van der Waals surface area contributed by atoms with Gasteiger partial charge in [-0.25, -0.2) is 0 Å². The predicted octanol–water partition coefficient (Wildman–Crippen LogP) is 3.16. The van der Waals surface area contributed by atoms with Gasteiger partial charge < -0.3 is 4.74 Å². The number of rotatable bonds is 3. The SMILES string of the molecule is COC(=N)c1cc(-c2cccs2)nn1C(C)C. The summed E-state index contributed by atoms with van der Waals surface area (Å²) >= 11 is 1.64. The molecule has 2 heterocycles.